The van der Waals surface area contributed by atoms with E-state index < -0.39 is 9.84 Å². The van der Waals surface area contributed by atoms with Crippen LogP contribution in [0.2, 0.25) is 0 Å². The van der Waals surface area contributed by atoms with Crippen molar-refractivity contribution in [3.8, 4) is 0 Å². The molecular weight excluding hydrogens is 312 g/mol. The Morgan fingerprint density at radius 3 is 2.65 bits per heavy atom. The van der Waals surface area contributed by atoms with Crippen LogP contribution in [0.3, 0.4) is 0 Å². The Kier molecular flexibility index (Phi) is 5.47. The smallest absolute Gasteiger partial charge is 0.251 e. The lowest BCUT2D eigenvalue weighted by Gasteiger charge is -2.20. The fraction of sp³-hybridized carbons (Fsp3) is 0.588. The maximum atomic E-state index is 12.3. The number of likely N-dealkylation sites (tertiary alicyclic amines) is 1. The van der Waals surface area contributed by atoms with Gasteiger partial charge in [-0.2, -0.15) is 0 Å². The Morgan fingerprint density at radius 1 is 1.39 bits per heavy atom. The summed E-state index contributed by atoms with van der Waals surface area (Å²) < 4.78 is 23.5. The van der Waals surface area contributed by atoms with E-state index in [-0.39, 0.29) is 10.8 Å². The Bertz CT molecular complexity index is 683. The molecule has 0 aromatic heterocycles. The molecule has 0 saturated carbocycles. The molecule has 5 nitrogen and oxygen atoms in total. The van der Waals surface area contributed by atoms with Gasteiger partial charge in [0, 0.05) is 31.0 Å². The number of sulfone groups is 1. The molecule has 1 saturated heterocycles. The SMILES string of the molecule is Cc1ccc(C(=O)NC[C@H]2CCN(C(C)C)C2)cc1S(C)(=O)=O. The predicted octanol–water partition coefficient (Wildman–Crippen LogP) is 1.86. The number of carbonyl (C=O) groups is 1. The van der Waals surface area contributed by atoms with E-state index >= 15 is 0 Å². The predicted molar refractivity (Wildman–Crippen MR) is 91.4 cm³/mol. The highest BCUT2D eigenvalue weighted by Crippen LogP contribution is 2.19. The number of nitrogens with one attached hydrogen (secondary N) is 1. The number of carbonyl (C=O) groups excluding carboxylic acids is 1. The van der Waals surface area contributed by atoms with E-state index in [1.165, 1.54) is 6.07 Å². The molecule has 2 rings (SSSR count). The minimum Gasteiger partial charge on any atom is -0.352 e. The van der Waals surface area contributed by atoms with Gasteiger partial charge >= 0.3 is 0 Å². The molecule has 1 aromatic rings. The topological polar surface area (TPSA) is 66.5 Å². The molecule has 0 radical (unpaired) electrons. The van der Waals surface area contributed by atoms with Gasteiger partial charge in [0.2, 0.25) is 0 Å². The van der Waals surface area contributed by atoms with Crippen LogP contribution in [-0.4, -0.2) is 51.2 Å². The third kappa shape index (κ3) is 4.54. The second kappa shape index (κ2) is 7.01. The van der Waals surface area contributed by atoms with Crippen molar-refractivity contribution in [2.24, 2.45) is 5.92 Å². The van der Waals surface area contributed by atoms with Gasteiger partial charge in [0.05, 0.1) is 4.90 Å². The largest absolute Gasteiger partial charge is 0.352 e. The molecule has 1 fully saturated rings. The van der Waals surface area contributed by atoms with Gasteiger partial charge < -0.3 is 10.2 Å². The molecule has 6 heteroatoms. The third-order valence-corrected chi connectivity index (χ3v) is 5.69. The summed E-state index contributed by atoms with van der Waals surface area (Å²) in [4.78, 5) is 14.9. The Morgan fingerprint density at radius 2 is 2.09 bits per heavy atom. The summed E-state index contributed by atoms with van der Waals surface area (Å²) in [5.74, 6) is 0.249. The van der Waals surface area contributed by atoms with Crippen molar-refractivity contribution < 1.29 is 13.2 Å². The second-order valence-electron chi connectivity index (χ2n) is 6.71. The summed E-state index contributed by atoms with van der Waals surface area (Å²) in [7, 11) is -3.32. The summed E-state index contributed by atoms with van der Waals surface area (Å²) in [6, 6.07) is 5.36. The van der Waals surface area contributed by atoms with Crippen molar-refractivity contribution in [2.45, 2.75) is 38.1 Å². The summed E-state index contributed by atoms with van der Waals surface area (Å²) >= 11 is 0. The number of nitrogens with zero attached hydrogens (tertiary/aromatic N) is 1. The van der Waals surface area contributed by atoms with Crippen LogP contribution >= 0.6 is 0 Å². The second-order valence-corrected chi connectivity index (χ2v) is 8.69. The van der Waals surface area contributed by atoms with Gasteiger partial charge in [-0.05, 0) is 57.4 Å². The highest BCUT2D eigenvalue weighted by Gasteiger charge is 2.24. The zero-order valence-corrected chi connectivity index (χ0v) is 15.1. The van der Waals surface area contributed by atoms with Crippen molar-refractivity contribution in [3.63, 3.8) is 0 Å². The summed E-state index contributed by atoms with van der Waals surface area (Å²) in [6.45, 7) is 8.79. The van der Waals surface area contributed by atoms with Crippen LogP contribution in [0, 0.1) is 12.8 Å². The van der Waals surface area contributed by atoms with E-state index in [1.54, 1.807) is 19.1 Å². The average molecular weight is 338 g/mol. The Labute approximate surface area is 139 Å². The molecule has 1 aliphatic rings. The first kappa shape index (κ1) is 17.9. The molecule has 0 spiro atoms. The molecule has 0 bridgehead atoms. The molecule has 1 aromatic carbocycles. The normalized spacial score (nSPS) is 19.3. The van der Waals surface area contributed by atoms with E-state index in [0.29, 0.717) is 29.6 Å². The zero-order chi connectivity index (χ0) is 17.2. The fourth-order valence-corrected chi connectivity index (χ4v) is 3.97. The van der Waals surface area contributed by atoms with Crippen molar-refractivity contribution in [1.82, 2.24) is 10.2 Å². The molecule has 1 atom stereocenters. The lowest BCUT2D eigenvalue weighted by molar-refractivity contribution is 0.0947. The molecule has 23 heavy (non-hydrogen) atoms. The van der Waals surface area contributed by atoms with Crippen LogP contribution in [0.15, 0.2) is 23.1 Å². The van der Waals surface area contributed by atoms with Gasteiger partial charge in [-0.1, -0.05) is 6.07 Å². The first-order chi connectivity index (χ1) is 10.7. The average Bonchev–Trinajstić information content (AvgIpc) is 2.93. The number of hydrogen-bond donors (Lipinski definition) is 1. The van der Waals surface area contributed by atoms with E-state index in [4.69, 9.17) is 0 Å². The standard InChI is InChI=1S/C17H26N2O3S/c1-12(2)19-8-7-14(11-19)10-18-17(20)15-6-5-13(3)16(9-15)23(4,21)22/h5-6,9,12,14H,7-8,10-11H2,1-4H3,(H,18,20)/t14-/m1/s1. The minimum absolute atomic E-state index is 0.210. The van der Waals surface area contributed by atoms with E-state index in [9.17, 15) is 13.2 Å². The molecular formula is C17H26N2O3S. The zero-order valence-electron chi connectivity index (χ0n) is 14.3. The highest BCUT2D eigenvalue weighted by molar-refractivity contribution is 7.90. The van der Waals surface area contributed by atoms with Crippen LogP contribution in [-0.2, 0) is 9.84 Å². The molecule has 1 heterocycles. The van der Waals surface area contributed by atoms with Crippen molar-refractivity contribution >= 4 is 15.7 Å². The summed E-state index contributed by atoms with van der Waals surface area (Å²) in [5.41, 5.74) is 1.06. The van der Waals surface area contributed by atoms with Crippen LogP contribution in [0.4, 0.5) is 0 Å². The van der Waals surface area contributed by atoms with Crippen LogP contribution < -0.4 is 5.32 Å². The monoisotopic (exact) mass is 338 g/mol. The Hall–Kier alpha value is -1.40. The maximum Gasteiger partial charge on any atom is 0.251 e. The molecule has 128 valence electrons. The first-order valence-electron chi connectivity index (χ1n) is 8.01. The van der Waals surface area contributed by atoms with Crippen molar-refractivity contribution in [2.75, 3.05) is 25.9 Å². The highest BCUT2D eigenvalue weighted by atomic mass is 32.2. The van der Waals surface area contributed by atoms with Gasteiger partial charge in [-0.3, -0.25) is 4.79 Å². The number of aryl methyl sites for hydroxylation is 1. The fourth-order valence-electron chi connectivity index (χ4n) is 2.98. The van der Waals surface area contributed by atoms with Gasteiger partial charge in [0.25, 0.3) is 5.91 Å². The molecule has 0 unspecified atom stereocenters. The molecule has 0 aliphatic carbocycles. The number of rotatable bonds is 5. The van der Waals surface area contributed by atoms with Crippen LogP contribution in [0.5, 0.6) is 0 Å². The third-order valence-electron chi connectivity index (χ3n) is 4.45. The molecule has 1 N–H and O–H groups in total. The maximum absolute atomic E-state index is 12.3. The quantitative estimate of drug-likeness (QED) is 0.890. The van der Waals surface area contributed by atoms with E-state index in [2.05, 4.69) is 24.1 Å². The number of amides is 1. The van der Waals surface area contributed by atoms with E-state index in [0.717, 1.165) is 25.8 Å². The summed E-state index contributed by atoms with van der Waals surface area (Å²) in [6.07, 6.45) is 2.25. The van der Waals surface area contributed by atoms with Gasteiger partial charge in [-0.15, -0.1) is 0 Å². The minimum atomic E-state index is -3.32. The summed E-state index contributed by atoms with van der Waals surface area (Å²) in [5, 5.41) is 2.94. The van der Waals surface area contributed by atoms with E-state index in [1.807, 2.05) is 0 Å². The lowest BCUT2D eigenvalue weighted by atomic mass is 10.1. The van der Waals surface area contributed by atoms with Crippen molar-refractivity contribution in [3.05, 3.63) is 29.3 Å². The Balaban J connectivity index is 1.99. The lowest BCUT2D eigenvalue weighted by Crippen LogP contribution is -2.33. The number of hydrogen-bond acceptors (Lipinski definition) is 4. The van der Waals surface area contributed by atoms with Gasteiger partial charge in [0.15, 0.2) is 9.84 Å². The first-order valence-corrected chi connectivity index (χ1v) is 9.90. The van der Waals surface area contributed by atoms with Gasteiger partial charge in [0.1, 0.15) is 0 Å². The van der Waals surface area contributed by atoms with Crippen LogP contribution in [0.1, 0.15) is 36.2 Å². The number of benzene rings is 1. The van der Waals surface area contributed by atoms with Crippen LogP contribution in [0.25, 0.3) is 0 Å². The van der Waals surface area contributed by atoms with Crippen molar-refractivity contribution in [1.29, 1.82) is 0 Å². The molecule has 1 aliphatic heterocycles. The molecule has 1 amide bonds. The van der Waals surface area contributed by atoms with Gasteiger partial charge in [-0.25, -0.2) is 8.42 Å².